The summed E-state index contributed by atoms with van der Waals surface area (Å²) < 4.78 is 39.1. The molecule has 0 fully saturated rings. The van der Waals surface area contributed by atoms with Crippen LogP contribution in [-0.4, -0.2) is 38.5 Å². The Morgan fingerprint density at radius 2 is 1.74 bits per heavy atom. The van der Waals surface area contributed by atoms with E-state index in [9.17, 15) is 23.6 Å². The Hall–Kier alpha value is -4.43. The zero-order valence-electron chi connectivity index (χ0n) is 20.3. The fourth-order valence-corrected chi connectivity index (χ4v) is 5.00. The van der Waals surface area contributed by atoms with Gasteiger partial charge in [-0.05, 0) is 82.6 Å². The average molecular weight is 533 g/mol. The Bertz CT molecular complexity index is 1630. The maximum Gasteiger partial charge on any atom is 0.335 e. The lowest BCUT2D eigenvalue weighted by Crippen LogP contribution is -2.15. The van der Waals surface area contributed by atoms with Crippen molar-refractivity contribution in [3.63, 3.8) is 0 Å². The van der Waals surface area contributed by atoms with Gasteiger partial charge in [-0.2, -0.15) is 5.26 Å². The molecule has 4 rings (SSSR count). The number of carboxylic acid groups (broad SMARTS) is 1. The number of ether oxygens (including phenoxy) is 2. The Labute approximate surface area is 219 Å². The van der Waals surface area contributed by atoms with Crippen LogP contribution in [0.5, 0.6) is 5.75 Å². The normalized spacial score (nSPS) is 12.0. The SMILES string of the molecule is COCOc1ccc(NS(=O)(=O)c2ccc(C(=O)O)cc2)c(CC(O)c2ccc3ccc(C#N)cc3c2)c1. The quantitative estimate of drug-likeness (QED) is 0.254. The number of benzene rings is 4. The molecule has 0 radical (unpaired) electrons. The fourth-order valence-electron chi connectivity index (χ4n) is 3.90. The number of sulfonamides is 1. The van der Waals surface area contributed by atoms with Crippen LogP contribution in [0.25, 0.3) is 10.8 Å². The molecule has 0 aliphatic carbocycles. The molecule has 0 bridgehead atoms. The number of fused-ring (bicyclic) bond motifs is 1. The number of hydrogen-bond donors (Lipinski definition) is 3. The number of carbonyl (C=O) groups is 1. The number of aliphatic hydroxyl groups is 1. The highest BCUT2D eigenvalue weighted by molar-refractivity contribution is 7.92. The van der Waals surface area contributed by atoms with Gasteiger partial charge in [0.15, 0.2) is 6.79 Å². The molecular weight excluding hydrogens is 508 g/mol. The largest absolute Gasteiger partial charge is 0.478 e. The molecule has 0 spiro atoms. The Morgan fingerprint density at radius 3 is 2.42 bits per heavy atom. The second-order valence-electron chi connectivity index (χ2n) is 8.46. The fraction of sp³-hybridized carbons (Fsp3) is 0.143. The molecule has 9 nitrogen and oxygen atoms in total. The number of carboxylic acids is 1. The highest BCUT2D eigenvalue weighted by Crippen LogP contribution is 2.30. The van der Waals surface area contributed by atoms with Crippen LogP contribution in [0.4, 0.5) is 5.69 Å². The van der Waals surface area contributed by atoms with Crippen molar-refractivity contribution < 1.29 is 32.9 Å². The third-order valence-electron chi connectivity index (χ3n) is 5.87. The molecule has 0 amide bonds. The van der Waals surface area contributed by atoms with Crippen molar-refractivity contribution in [2.24, 2.45) is 0 Å². The van der Waals surface area contributed by atoms with Crippen molar-refractivity contribution in [3.05, 3.63) is 101 Å². The standard InChI is InChI=1S/C28H24N2O7S/c1-36-17-37-24-8-11-26(30-38(34,35)25-9-6-20(7-10-25)28(32)33)23(14-24)15-27(31)21-5-4-19-3-2-18(16-29)12-22(19)13-21/h2-14,27,30-31H,15,17H2,1H3,(H,32,33). The van der Waals surface area contributed by atoms with Crippen LogP contribution in [0.1, 0.15) is 33.2 Å². The molecule has 3 N–H and O–H groups in total. The minimum absolute atomic E-state index is 0.0190. The molecule has 10 heteroatoms. The molecule has 1 atom stereocenters. The van der Waals surface area contributed by atoms with E-state index >= 15 is 0 Å². The van der Waals surface area contributed by atoms with Gasteiger partial charge in [-0.15, -0.1) is 0 Å². The molecular formula is C28H24N2O7S. The van der Waals surface area contributed by atoms with Crippen molar-refractivity contribution in [2.45, 2.75) is 17.4 Å². The molecule has 4 aromatic rings. The first-order chi connectivity index (χ1) is 18.2. The van der Waals surface area contributed by atoms with Gasteiger partial charge in [-0.3, -0.25) is 4.72 Å². The summed E-state index contributed by atoms with van der Waals surface area (Å²) in [5.41, 5.74) is 1.74. The van der Waals surface area contributed by atoms with Crippen molar-refractivity contribution in [3.8, 4) is 11.8 Å². The number of rotatable bonds is 10. The Balaban J connectivity index is 1.65. The molecule has 194 valence electrons. The van der Waals surface area contributed by atoms with Crippen molar-refractivity contribution in [1.29, 1.82) is 5.26 Å². The molecule has 4 aromatic carbocycles. The third kappa shape index (κ3) is 6.10. The van der Waals surface area contributed by atoms with Gasteiger partial charge in [0, 0.05) is 13.5 Å². The minimum Gasteiger partial charge on any atom is -0.478 e. The van der Waals surface area contributed by atoms with E-state index in [0.29, 0.717) is 22.4 Å². The van der Waals surface area contributed by atoms with E-state index in [1.54, 1.807) is 36.4 Å². The lowest BCUT2D eigenvalue weighted by Gasteiger charge is -2.18. The van der Waals surface area contributed by atoms with Crippen LogP contribution < -0.4 is 9.46 Å². The van der Waals surface area contributed by atoms with E-state index in [0.717, 1.165) is 10.8 Å². The zero-order valence-corrected chi connectivity index (χ0v) is 21.1. The van der Waals surface area contributed by atoms with Crippen LogP contribution in [0.3, 0.4) is 0 Å². The van der Waals surface area contributed by atoms with Crippen LogP contribution in [0.15, 0.2) is 83.8 Å². The van der Waals surface area contributed by atoms with Gasteiger partial charge in [0.05, 0.1) is 33.9 Å². The number of methoxy groups -OCH3 is 1. The van der Waals surface area contributed by atoms with E-state index in [-0.39, 0.29) is 29.4 Å². The van der Waals surface area contributed by atoms with Crippen LogP contribution in [-0.2, 0) is 21.2 Å². The summed E-state index contributed by atoms with van der Waals surface area (Å²) in [4.78, 5) is 11.0. The maximum absolute atomic E-state index is 13.1. The molecule has 0 aliphatic rings. The summed E-state index contributed by atoms with van der Waals surface area (Å²) in [5.74, 6) is -0.748. The van der Waals surface area contributed by atoms with Gasteiger partial charge in [-0.1, -0.05) is 18.2 Å². The Morgan fingerprint density at radius 1 is 1.00 bits per heavy atom. The maximum atomic E-state index is 13.1. The number of aromatic carboxylic acids is 1. The summed E-state index contributed by atoms with van der Waals surface area (Å²) in [5, 5.41) is 31.1. The number of hydrogen-bond acceptors (Lipinski definition) is 7. The monoisotopic (exact) mass is 532 g/mol. The van der Waals surface area contributed by atoms with E-state index in [1.165, 1.54) is 37.4 Å². The predicted octanol–water partition coefficient (Wildman–Crippen LogP) is 4.47. The summed E-state index contributed by atoms with van der Waals surface area (Å²) >= 11 is 0. The van der Waals surface area contributed by atoms with Crippen molar-refractivity contribution in [1.82, 2.24) is 0 Å². The highest BCUT2D eigenvalue weighted by Gasteiger charge is 2.20. The van der Waals surface area contributed by atoms with Crippen molar-refractivity contribution in [2.75, 3.05) is 18.6 Å². The summed E-state index contributed by atoms with van der Waals surface area (Å²) in [7, 11) is -2.59. The number of anilines is 1. The van der Waals surface area contributed by atoms with Crippen LogP contribution >= 0.6 is 0 Å². The molecule has 0 saturated carbocycles. The predicted molar refractivity (Wildman–Crippen MR) is 140 cm³/mol. The van der Waals surface area contributed by atoms with Gasteiger partial charge >= 0.3 is 5.97 Å². The first-order valence-corrected chi connectivity index (χ1v) is 12.9. The smallest absolute Gasteiger partial charge is 0.335 e. The average Bonchev–Trinajstić information content (AvgIpc) is 2.92. The van der Waals surface area contributed by atoms with Crippen molar-refractivity contribution >= 4 is 32.5 Å². The first kappa shape index (κ1) is 26.6. The summed E-state index contributed by atoms with van der Waals surface area (Å²) in [6.45, 7) is -0.0190. The van der Waals surface area contributed by atoms with Gasteiger partial charge < -0.3 is 19.7 Å². The molecule has 0 saturated heterocycles. The summed E-state index contributed by atoms with van der Waals surface area (Å²) in [6.07, 6.45) is -0.954. The lowest BCUT2D eigenvalue weighted by atomic mass is 9.97. The molecule has 0 heterocycles. The van der Waals surface area contributed by atoms with E-state index in [2.05, 4.69) is 10.8 Å². The second-order valence-corrected chi connectivity index (χ2v) is 10.1. The van der Waals surface area contributed by atoms with E-state index in [1.807, 2.05) is 12.1 Å². The van der Waals surface area contributed by atoms with E-state index in [4.69, 9.17) is 14.6 Å². The van der Waals surface area contributed by atoms with Gasteiger partial charge in [0.1, 0.15) is 5.75 Å². The van der Waals surface area contributed by atoms with Gasteiger partial charge in [0.25, 0.3) is 10.0 Å². The van der Waals surface area contributed by atoms with Crippen LogP contribution in [0, 0.1) is 11.3 Å². The molecule has 1 unspecified atom stereocenters. The highest BCUT2D eigenvalue weighted by atomic mass is 32.2. The minimum atomic E-state index is -4.07. The zero-order chi connectivity index (χ0) is 27.3. The number of nitrogens with one attached hydrogen (secondary N) is 1. The number of nitriles is 1. The van der Waals surface area contributed by atoms with E-state index < -0.39 is 22.1 Å². The molecule has 0 aliphatic heterocycles. The van der Waals surface area contributed by atoms with Crippen LogP contribution in [0.2, 0.25) is 0 Å². The number of nitrogens with zero attached hydrogens (tertiary/aromatic N) is 1. The second kappa shape index (κ2) is 11.3. The summed E-state index contributed by atoms with van der Waals surface area (Å²) in [6, 6.07) is 22.3. The number of aliphatic hydroxyl groups excluding tert-OH is 1. The lowest BCUT2D eigenvalue weighted by molar-refractivity contribution is 0.0510. The topological polar surface area (TPSA) is 146 Å². The van der Waals surface area contributed by atoms with Gasteiger partial charge in [-0.25, -0.2) is 13.2 Å². The Kier molecular flexibility index (Phi) is 7.93. The molecule has 38 heavy (non-hydrogen) atoms. The molecule has 0 aromatic heterocycles. The third-order valence-corrected chi connectivity index (χ3v) is 7.25. The first-order valence-electron chi connectivity index (χ1n) is 11.4. The van der Waals surface area contributed by atoms with Gasteiger partial charge in [0.2, 0.25) is 0 Å².